The molecule has 0 spiro atoms. The number of piperidine rings is 1. The van der Waals surface area contributed by atoms with Crippen molar-refractivity contribution in [3.8, 4) is 0 Å². The number of nitrogens with two attached hydrogens (primary N) is 1. The van der Waals surface area contributed by atoms with Crippen molar-refractivity contribution in [1.29, 1.82) is 0 Å². The van der Waals surface area contributed by atoms with Crippen molar-refractivity contribution >= 4 is 34.9 Å². The van der Waals surface area contributed by atoms with Crippen LogP contribution in [0.4, 0.5) is 0 Å². The molecule has 1 aliphatic rings. The second kappa shape index (κ2) is 6.33. The second-order valence-electron chi connectivity index (χ2n) is 4.38. The number of carbonyl (C=O) groups excluding carboxylic acids is 2. The van der Waals surface area contributed by atoms with Gasteiger partial charge in [0.15, 0.2) is 4.34 Å². The van der Waals surface area contributed by atoms with E-state index < -0.39 is 11.9 Å². The number of aromatic nitrogens is 2. The Morgan fingerprint density at radius 1 is 1.47 bits per heavy atom. The standard InChI is InChI=1S/C11H16N4O2S2/c1-7-13-14-11(19-7)18-6-9(16)15-5-3-2-4-8(15)10(12)17/h8H,2-6H2,1H3,(H2,12,17). The van der Waals surface area contributed by atoms with Crippen LogP contribution in [0.5, 0.6) is 0 Å². The van der Waals surface area contributed by atoms with Gasteiger partial charge in [0.2, 0.25) is 11.8 Å². The van der Waals surface area contributed by atoms with E-state index in [4.69, 9.17) is 5.73 Å². The lowest BCUT2D eigenvalue weighted by atomic mass is 10.0. The zero-order valence-electron chi connectivity index (χ0n) is 10.7. The van der Waals surface area contributed by atoms with Gasteiger partial charge in [0.25, 0.3) is 0 Å². The van der Waals surface area contributed by atoms with Crippen LogP contribution in [0.1, 0.15) is 24.3 Å². The molecule has 6 nitrogen and oxygen atoms in total. The van der Waals surface area contributed by atoms with E-state index in [-0.39, 0.29) is 11.7 Å². The molecular weight excluding hydrogens is 284 g/mol. The zero-order chi connectivity index (χ0) is 13.8. The zero-order valence-corrected chi connectivity index (χ0v) is 12.3. The van der Waals surface area contributed by atoms with Crippen LogP contribution in [0, 0.1) is 6.92 Å². The third-order valence-electron chi connectivity index (χ3n) is 2.98. The van der Waals surface area contributed by atoms with Gasteiger partial charge in [-0.2, -0.15) is 0 Å². The van der Waals surface area contributed by atoms with Crippen molar-refractivity contribution in [3.05, 3.63) is 5.01 Å². The third-order valence-corrected chi connectivity index (χ3v) is 4.93. The van der Waals surface area contributed by atoms with Gasteiger partial charge in [-0.25, -0.2) is 0 Å². The summed E-state index contributed by atoms with van der Waals surface area (Å²) < 4.78 is 0.776. The van der Waals surface area contributed by atoms with E-state index in [0.717, 1.165) is 22.2 Å². The van der Waals surface area contributed by atoms with E-state index in [1.165, 1.54) is 23.1 Å². The molecule has 2 heterocycles. The summed E-state index contributed by atoms with van der Waals surface area (Å²) >= 11 is 2.82. The molecule has 1 aromatic heterocycles. The van der Waals surface area contributed by atoms with Gasteiger partial charge < -0.3 is 10.6 Å². The second-order valence-corrected chi connectivity index (χ2v) is 6.78. The summed E-state index contributed by atoms with van der Waals surface area (Å²) in [4.78, 5) is 25.1. The van der Waals surface area contributed by atoms with Crippen molar-refractivity contribution in [2.24, 2.45) is 5.73 Å². The highest BCUT2D eigenvalue weighted by Gasteiger charge is 2.30. The Morgan fingerprint density at radius 3 is 2.89 bits per heavy atom. The molecule has 1 saturated heterocycles. The fourth-order valence-corrected chi connectivity index (χ4v) is 3.77. The number of hydrogen-bond donors (Lipinski definition) is 1. The highest BCUT2D eigenvalue weighted by atomic mass is 32.2. The summed E-state index contributed by atoms with van der Waals surface area (Å²) in [7, 11) is 0. The normalized spacial score (nSPS) is 19.4. The summed E-state index contributed by atoms with van der Waals surface area (Å²) in [5, 5.41) is 8.73. The number of likely N-dealkylation sites (tertiary alicyclic amines) is 1. The third kappa shape index (κ3) is 3.66. The van der Waals surface area contributed by atoms with E-state index in [2.05, 4.69) is 10.2 Å². The first-order valence-corrected chi connectivity index (χ1v) is 7.90. The van der Waals surface area contributed by atoms with Gasteiger partial charge in [-0.05, 0) is 26.2 Å². The maximum Gasteiger partial charge on any atom is 0.240 e. The predicted molar refractivity (Wildman–Crippen MR) is 73.9 cm³/mol. The molecule has 19 heavy (non-hydrogen) atoms. The molecule has 0 saturated carbocycles. The van der Waals surface area contributed by atoms with Gasteiger partial charge in [-0.1, -0.05) is 23.1 Å². The number of rotatable bonds is 4. The first-order chi connectivity index (χ1) is 9.08. The first-order valence-electron chi connectivity index (χ1n) is 6.09. The highest BCUT2D eigenvalue weighted by Crippen LogP contribution is 2.24. The lowest BCUT2D eigenvalue weighted by Gasteiger charge is -2.33. The minimum atomic E-state index is -0.446. The summed E-state index contributed by atoms with van der Waals surface area (Å²) in [5.74, 6) is -0.190. The fraction of sp³-hybridized carbons (Fsp3) is 0.636. The predicted octanol–water partition coefficient (Wildman–Crippen LogP) is 0.805. The molecule has 2 rings (SSSR count). The average molecular weight is 300 g/mol. The molecule has 1 atom stereocenters. The Balaban J connectivity index is 1.92. The molecule has 1 aliphatic heterocycles. The number of amides is 2. The quantitative estimate of drug-likeness (QED) is 0.831. The smallest absolute Gasteiger partial charge is 0.240 e. The number of hydrogen-bond acceptors (Lipinski definition) is 6. The first kappa shape index (κ1) is 14.3. The number of primary amides is 1. The summed E-state index contributed by atoms with van der Waals surface area (Å²) in [5.41, 5.74) is 5.35. The molecule has 2 amide bonds. The largest absolute Gasteiger partial charge is 0.368 e. The van der Waals surface area contributed by atoms with Crippen LogP contribution < -0.4 is 5.73 Å². The van der Waals surface area contributed by atoms with Gasteiger partial charge >= 0.3 is 0 Å². The van der Waals surface area contributed by atoms with E-state index in [9.17, 15) is 9.59 Å². The molecular formula is C11H16N4O2S2. The summed E-state index contributed by atoms with van der Waals surface area (Å²) in [6.07, 6.45) is 2.54. The topological polar surface area (TPSA) is 89.2 Å². The Bertz CT molecular complexity index is 477. The number of nitrogens with zero attached hydrogens (tertiary/aromatic N) is 3. The molecule has 1 unspecified atom stereocenters. The van der Waals surface area contributed by atoms with Gasteiger partial charge in [-0.3, -0.25) is 9.59 Å². The molecule has 1 fully saturated rings. The van der Waals surface area contributed by atoms with Gasteiger partial charge in [0.05, 0.1) is 5.75 Å². The van der Waals surface area contributed by atoms with Crippen LogP contribution in [-0.4, -0.2) is 45.3 Å². The average Bonchev–Trinajstić information content (AvgIpc) is 2.81. The van der Waals surface area contributed by atoms with E-state index >= 15 is 0 Å². The van der Waals surface area contributed by atoms with Crippen molar-refractivity contribution in [1.82, 2.24) is 15.1 Å². The van der Waals surface area contributed by atoms with Gasteiger partial charge in [-0.15, -0.1) is 10.2 Å². The number of thioether (sulfide) groups is 1. The molecule has 1 aromatic rings. The molecule has 2 N–H and O–H groups in total. The molecule has 0 aromatic carbocycles. The number of aryl methyl sites for hydroxylation is 1. The Morgan fingerprint density at radius 2 is 2.26 bits per heavy atom. The van der Waals surface area contributed by atoms with Gasteiger partial charge in [0.1, 0.15) is 11.0 Å². The molecule has 0 aliphatic carbocycles. The minimum Gasteiger partial charge on any atom is -0.368 e. The highest BCUT2D eigenvalue weighted by molar-refractivity contribution is 8.01. The maximum atomic E-state index is 12.1. The lowest BCUT2D eigenvalue weighted by Crippen LogP contribution is -2.51. The van der Waals surface area contributed by atoms with Gasteiger partial charge in [0, 0.05) is 6.54 Å². The van der Waals surface area contributed by atoms with E-state index in [0.29, 0.717) is 13.0 Å². The molecule has 104 valence electrons. The van der Waals surface area contributed by atoms with Crippen molar-refractivity contribution in [3.63, 3.8) is 0 Å². The van der Waals surface area contributed by atoms with E-state index in [1.54, 1.807) is 4.90 Å². The van der Waals surface area contributed by atoms with Crippen molar-refractivity contribution in [2.45, 2.75) is 36.6 Å². The van der Waals surface area contributed by atoms with Crippen LogP contribution in [0.2, 0.25) is 0 Å². The molecule has 0 radical (unpaired) electrons. The minimum absolute atomic E-state index is 0.0543. The van der Waals surface area contributed by atoms with Crippen molar-refractivity contribution in [2.75, 3.05) is 12.3 Å². The maximum absolute atomic E-state index is 12.1. The Hall–Kier alpha value is -1.15. The Labute approximate surface area is 119 Å². The number of carbonyl (C=O) groups is 2. The van der Waals surface area contributed by atoms with E-state index in [1.807, 2.05) is 6.92 Å². The summed E-state index contributed by atoms with van der Waals surface area (Å²) in [6, 6.07) is -0.446. The molecule has 0 bridgehead atoms. The van der Waals surface area contributed by atoms with Crippen LogP contribution in [0.3, 0.4) is 0 Å². The van der Waals surface area contributed by atoms with Crippen molar-refractivity contribution < 1.29 is 9.59 Å². The summed E-state index contributed by atoms with van der Waals surface area (Å²) in [6.45, 7) is 2.49. The van der Waals surface area contributed by atoms with Crippen LogP contribution in [0.25, 0.3) is 0 Å². The van der Waals surface area contributed by atoms with Crippen LogP contribution in [-0.2, 0) is 9.59 Å². The van der Waals surface area contributed by atoms with Crippen LogP contribution >= 0.6 is 23.1 Å². The lowest BCUT2D eigenvalue weighted by molar-refractivity contribution is -0.138. The monoisotopic (exact) mass is 300 g/mol. The SMILES string of the molecule is Cc1nnc(SCC(=O)N2CCCCC2C(N)=O)s1. The molecule has 8 heteroatoms. The van der Waals surface area contributed by atoms with Crippen LogP contribution in [0.15, 0.2) is 4.34 Å². The Kier molecular flexibility index (Phi) is 4.76. The fourth-order valence-electron chi connectivity index (χ4n) is 2.07.